The molecule has 2 heteroatoms. The van der Waals surface area contributed by atoms with Gasteiger partial charge in [0.15, 0.2) is 0 Å². The van der Waals surface area contributed by atoms with Crippen LogP contribution in [0.1, 0.15) is 53.4 Å². The Morgan fingerprint density at radius 1 is 1.20 bits per heavy atom. The largest absolute Gasteiger partial charge is 0.317 e. The van der Waals surface area contributed by atoms with E-state index in [-0.39, 0.29) is 5.54 Å². The van der Waals surface area contributed by atoms with Gasteiger partial charge in [0.05, 0.1) is 0 Å². The highest BCUT2D eigenvalue weighted by Crippen LogP contribution is 2.33. The highest BCUT2D eigenvalue weighted by molar-refractivity contribution is 4.88. The monoisotopic (exact) mass is 212 g/mol. The molecule has 1 aliphatic rings. The van der Waals surface area contributed by atoms with Crippen LogP contribution in [0.25, 0.3) is 0 Å². The van der Waals surface area contributed by atoms with E-state index in [4.69, 9.17) is 0 Å². The lowest BCUT2D eigenvalue weighted by Gasteiger charge is -2.40. The van der Waals surface area contributed by atoms with E-state index in [0.29, 0.717) is 5.41 Å². The quantitative estimate of drug-likeness (QED) is 0.748. The van der Waals surface area contributed by atoms with Crippen molar-refractivity contribution in [2.24, 2.45) is 5.41 Å². The Morgan fingerprint density at radius 2 is 1.80 bits per heavy atom. The van der Waals surface area contributed by atoms with Gasteiger partial charge in [0.1, 0.15) is 0 Å². The molecule has 15 heavy (non-hydrogen) atoms. The number of nitrogens with one attached hydrogen (secondary N) is 2. The van der Waals surface area contributed by atoms with E-state index in [0.717, 1.165) is 0 Å². The van der Waals surface area contributed by atoms with E-state index in [9.17, 15) is 0 Å². The van der Waals surface area contributed by atoms with Gasteiger partial charge in [-0.15, -0.1) is 0 Å². The van der Waals surface area contributed by atoms with Crippen LogP contribution in [0.4, 0.5) is 0 Å². The summed E-state index contributed by atoms with van der Waals surface area (Å²) in [5, 5.41) is 7.16. The Labute approximate surface area is 95.2 Å². The molecule has 1 fully saturated rings. The summed E-state index contributed by atoms with van der Waals surface area (Å²) in [4.78, 5) is 0. The van der Waals surface area contributed by atoms with Crippen LogP contribution >= 0.6 is 0 Å². The summed E-state index contributed by atoms with van der Waals surface area (Å²) in [5.41, 5.74) is 0.818. The van der Waals surface area contributed by atoms with Gasteiger partial charge >= 0.3 is 0 Å². The van der Waals surface area contributed by atoms with Crippen molar-refractivity contribution in [2.45, 2.75) is 58.9 Å². The summed E-state index contributed by atoms with van der Waals surface area (Å²) in [5.74, 6) is 0. The summed E-state index contributed by atoms with van der Waals surface area (Å²) >= 11 is 0. The molecule has 0 spiro atoms. The van der Waals surface area contributed by atoms with Crippen LogP contribution in [0.3, 0.4) is 0 Å². The molecular formula is C13H28N2. The molecule has 0 aromatic heterocycles. The molecule has 0 aromatic carbocycles. The summed E-state index contributed by atoms with van der Waals surface area (Å²) in [7, 11) is 0. The molecule has 90 valence electrons. The molecule has 0 bridgehead atoms. The molecular weight excluding hydrogens is 184 g/mol. The molecule has 0 unspecified atom stereocenters. The fraction of sp³-hybridized carbons (Fsp3) is 1.00. The number of hydrogen-bond acceptors (Lipinski definition) is 2. The standard InChI is InChI=1S/C13H28N2/c1-5-6-13(7-9-14-10-8-13)11-15-12(2,3)4/h14-15H,5-11H2,1-4H3. The van der Waals surface area contributed by atoms with E-state index in [1.807, 2.05) is 0 Å². The van der Waals surface area contributed by atoms with E-state index in [1.54, 1.807) is 0 Å². The lowest BCUT2D eigenvalue weighted by Crippen LogP contribution is -2.48. The average molecular weight is 212 g/mol. The van der Waals surface area contributed by atoms with Gasteiger partial charge in [-0.3, -0.25) is 0 Å². The van der Waals surface area contributed by atoms with Crippen molar-refractivity contribution < 1.29 is 0 Å². The van der Waals surface area contributed by atoms with Crippen LogP contribution in [-0.4, -0.2) is 25.2 Å². The zero-order chi connectivity index (χ0) is 11.4. The SMILES string of the molecule is CCCC1(CNC(C)(C)C)CCNCC1. The van der Waals surface area contributed by atoms with Gasteiger partial charge in [0.2, 0.25) is 0 Å². The van der Waals surface area contributed by atoms with Gasteiger partial charge in [-0.2, -0.15) is 0 Å². The number of rotatable bonds is 4. The lowest BCUT2D eigenvalue weighted by atomic mass is 9.75. The van der Waals surface area contributed by atoms with Gasteiger partial charge in [-0.25, -0.2) is 0 Å². The Hall–Kier alpha value is -0.0800. The van der Waals surface area contributed by atoms with Crippen molar-refractivity contribution in [3.05, 3.63) is 0 Å². The summed E-state index contributed by atoms with van der Waals surface area (Å²) in [6, 6.07) is 0. The zero-order valence-corrected chi connectivity index (χ0v) is 10.9. The van der Waals surface area contributed by atoms with Crippen LogP contribution in [0, 0.1) is 5.41 Å². The Balaban J connectivity index is 2.48. The number of hydrogen-bond donors (Lipinski definition) is 2. The number of piperidine rings is 1. The second kappa shape index (κ2) is 5.31. The minimum absolute atomic E-state index is 0.256. The second-order valence-electron chi connectivity index (χ2n) is 6.10. The maximum atomic E-state index is 3.69. The summed E-state index contributed by atoms with van der Waals surface area (Å²) in [6.07, 6.45) is 5.36. The fourth-order valence-electron chi connectivity index (χ4n) is 2.46. The Morgan fingerprint density at radius 3 is 2.27 bits per heavy atom. The first kappa shape index (κ1) is 13.0. The maximum absolute atomic E-state index is 3.69. The Bertz CT molecular complexity index is 170. The molecule has 1 saturated heterocycles. The summed E-state index contributed by atoms with van der Waals surface area (Å²) < 4.78 is 0. The van der Waals surface area contributed by atoms with E-state index in [1.165, 1.54) is 45.3 Å². The third-order valence-electron chi connectivity index (χ3n) is 3.44. The molecule has 0 aliphatic carbocycles. The predicted octanol–water partition coefficient (Wildman–Crippen LogP) is 2.54. The normalized spacial score (nSPS) is 21.6. The van der Waals surface area contributed by atoms with Gasteiger partial charge < -0.3 is 10.6 Å². The van der Waals surface area contributed by atoms with Gasteiger partial charge in [-0.1, -0.05) is 13.3 Å². The van der Waals surface area contributed by atoms with Crippen LogP contribution in [0.15, 0.2) is 0 Å². The zero-order valence-electron chi connectivity index (χ0n) is 10.9. The predicted molar refractivity (Wildman–Crippen MR) is 67.2 cm³/mol. The van der Waals surface area contributed by atoms with Crippen molar-refractivity contribution in [1.82, 2.24) is 10.6 Å². The van der Waals surface area contributed by atoms with E-state index < -0.39 is 0 Å². The van der Waals surface area contributed by atoms with Crippen LogP contribution in [0.5, 0.6) is 0 Å². The van der Waals surface area contributed by atoms with Crippen molar-refractivity contribution in [3.8, 4) is 0 Å². The molecule has 0 radical (unpaired) electrons. The Kier molecular flexibility index (Phi) is 4.60. The van der Waals surface area contributed by atoms with Crippen LogP contribution in [-0.2, 0) is 0 Å². The van der Waals surface area contributed by atoms with Gasteiger partial charge in [0, 0.05) is 12.1 Å². The van der Waals surface area contributed by atoms with E-state index in [2.05, 4.69) is 38.3 Å². The molecule has 0 saturated carbocycles. The van der Waals surface area contributed by atoms with Crippen molar-refractivity contribution in [3.63, 3.8) is 0 Å². The molecule has 1 rings (SSSR count). The van der Waals surface area contributed by atoms with Crippen molar-refractivity contribution >= 4 is 0 Å². The van der Waals surface area contributed by atoms with Gasteiger partial charge in [0.25, 0.3) is 0 Å². The minimum Gasteiger partial charge on any atom is -0.317 e. The second-order valence-corrected chi connectivity index (χ2v) is 6.10. The summed E-state index contributed by atoms with van der Waals surface area (Å²) in [6.45, 7) is 12.7. The molecule has 2 nitrogen and oxygen atoms in total. The molecule has 2 N–H and O–H groups in total. The van der Waals surface area contributed by atoms with Crippen LogP contribution in [0.2, 0.25) is 0 Å². The van der Waals surface area contributed by atoms with Crippen molar-refractivity contribution in [2.75, 3.05) is 19.6 Å². The molecule has 0 amide bonds. The minimum atomic E-state index is 0.256. The molecule has 1 aliphatic heterocycles. The fourth-order valence-corrected chi connectivity index (χ4v) is 2.46. The topological polar surface area (TPSA) is 24.1 Å². The van der Waals surface area contributed by atoms with Crippen LogP contribution < -0.4 is 10.6 Å². The van der Waals surface area contributed by atoms with Gasteiger partial charge in [-0.05, 0) is 58.5 Å². The lowest BCUT2D eigenvalue weighted by molar-refractivity contribution is 0.161. The molecule has 0 aromatic rings. The highest BCUT2D eigenvalue weighted by atomic mass is 15.0. The highest BCUT2D eigenvalue weighted by Gasteiger charge is 2.31. The third-order valence-corrected chi connectivity index (χ3v) is 3.44. The molecule has 1 heterocycles. The first-order valence-corrected chi connectivity index (χ1v) is 6.43. The average Bonchev–Trinajstić information content (AvgIpc) is 2.16. The molecule has 0 atom stereocenters. The van der Waals surface area contributed by atoms with Crippen molar-refractivity contribution in [1.29, 1.82) is 0 Å². The van der Waals surface area contributed by atoms with E-state index >= 15 is 0 Å². The smallest absolute Gasteiger partial charge is 0.00967 e. The first-order valence-electron chi connectivity index (χ1n) is 6.43. The maximum Gasteiger partial charge on any atom is 0.00967 e. The third kappa shape index (κ3) is 4.52. The first-order chi connectivity index (χ1) is 6.97.